The molecule has 1 aromatic carbocycles. The summed E-state index contributed by atoms with van der Waals surface area (Å²) in [6.45, 7) is 1.65. The van der Waals surface area contributed by atoms with Gasteiger partial charge in [0.15, 0.2) is 0 Å². The Balaban J connectivity index is 1.21. The maximum absolute atomic E-state index is 6.06. The summed E-state index contributed by atoms with van der Waals surface area (Å²) < 4.78 is 18.1. The van der Waals surface area contributed by atoms with E-state index in [1.54, 1.807) is 17.5 Å². The summed E-state index contributed by atoms with van der Waals surface area (Å²) in [5.41, 5.74) is 2.07. The smallest absolute Gasteiger partial charge is 0.223 e. The number of benzene rings is 1. The topological polar surface area (TPSA) is 65.5 Å². The van der Waals surface area contributed by atoms with Crippen molar-refractivity contribution in [2.24, 2.45) is 0 Å². The minimum atomic E-state index is -0.0679. The third-order valence-electron chi connectivity index (χ3n) is 5.06. The number of thiophene rings is 1. The number of hydrogen-bond acceptors (Lipinski definition) is 7. The Bertz CT molecular complexity index is 906. The molecule has 2 aliphatic rings. The van der Waals surface area contributed by atoms with Crippen LogP contribution in [0.2, 0.25) is 0 Å². The average molecular weight is 395 g/mol. The van der Waals surface area contributed by atoms with Crippen LogP contribution < -0.4 is 5.32 Å². The first-order valence-electron chi connectivity index (χ1n) is 9.39. The molecule has 5 rings (SSSR count). The third-order valence-corrected chi connectivity index (χ3v) is 5.95. The van der Waals surface area contributed by atoms with Gasteiger partial charge in [0, 0.05) is 6.20 Å². The van der Waals surface area contributed by atoms with Gasteiger partial charge in [0.2, 0.25) is 5.95 Å². The molecule has 0 saturated carbocycles. The molecule has 2 aromatic heterocycles. The number of aromatic nitrogens is 2. The Labute approximate surface area is 167 Å². The monoisotopic (exact) mass is 395 g/mol. The van der Waals surface area contributed by atoms with E-state index in [1.807, 2.05) is 35.7 Å². The lowest BCUT2D eigenvalue weighted by molar-refractivity contribution is -0.0388. The highest BCUT2D eigenvalue weighted by molar-refractivity contribution is 7.13. The quantitative estimate of drug-likeness (QED) is 0.690. The first-order chi connectivity index (χ1) is 13.9. The first kappa shape index (κ1) is 17.8. The number of nitrogens with one attached hydrogen (secondary N) is 1. The summed E-state index contributed by atoms with van der Waals surface area (Å²) in [5, 5.41) is 5.43. The number of rotatable bonds is 6. The fraction of sp³-hybridized carbons (Fsp3) is 0.333. The van der Waals surface area contributed by atoms with E-state index >= 15 is 0 Å². The van der Waals surface area contributed by atoms with Crippen molar-refractivity contribution in [3.63, 3.8) is 0 Å². The van der Waals surface area contributed by atoms with Crippen LogP contribution in [0.3, 0.4) is 0 Å². The summed E-state index contributed by atoms with van der Waals surface area (Å²) in [5.74, 6) is 0.595. The van der Waals surface area contributed by atoms with Crippen molar-refractivity contribution in [1.29, 1.82) is 0 Å². The fourth-order valence-corrected chi connectivity index (χ4v) is 4.36. The third kappa shape index (κ3) is 3.66. The second-order valence-corrected chi connectivity index (χ2v) is 7.87. The lowest BCUT2D eigenvalue weighted by Gasteiger charge is -2.18. The highest BCUT2D eigenvalue weighted by Gasteiger charge is 2.48. The minimum absolute atomic E-state index is 0.00825. The molecule has 4 unspecified atom stereocenters. The van der Waals surface area contributed by atoms with Crippen LogP contribution in [0.15, 0.2) is 60.1 Å². The second kappa shape index (κ2) is 7.97. The maximum atomic E-state index is 6.06. The highest BCUT2D eigenvalue weighted by atomic mass is 32.1. The molecule has 2 fully saturated rings. The van der Waals surface area contributed by atoms with E-state index in [0.29, 0.717) is 25.8 Å². The lowest BCUT2D eigenvalue weighted by Crippen LogP contribution is -2.37. The predicted molar refractivity (Wildman–Crippen MR) is 107 cm³/mol. The van der Waals surface area contributed by atoms with Gasteiger partial charge in [-0.05, 0) is 23.1 Å². The van der Waals surface area contributed by atoms with Crippen molar-refractivity contribution in [2.75, 3.05) is 18.5 Å². The minimum Gasteiger partial charge on any atom is -0.370 e. The van der Waals surface area contributed by atoms with Crippen molar-refractivity contribution in [3.05, 3.63) is 65.7 Å². The molecule has 0 bridgehead atoms. The second-order valence-electron chi connectivity index (χ2n) is 6.92. The SMILES string of the molecule is c1ccc(COC2COC3C(Nc4nccc(-c5cccs5)n4)COC23)cc1. The van der Waals surface area contributed by atoms with Crippen molar-refractivity contribution in [1.82, 2.24) is 9.97 Å². The Morgan fingerprint density at radius 3 is 2.79 bits per heavy atom. The van der Waals surface area contributed by atoms with Gasteiger partial charge in [-0.2, -0.15) is 0 Å². The van der Waals surface area contributed by atoms with Gasteiger partial charge in [-0.1, -0.05) is 36.4 Å². The van der Waals surface area contributed by atoms with Crippen LogP contribution in [0.25, 0.3) is 10.6 Å². The molecule has 0 aliphatic carbocycles. The highest BCUT2D eigenvalue weighted by Crippen LogP contribution is 2.31. The molecule has 28 heavy (non-hydrogen) atoms. The van der Waals surface area contributed by atoms with Crippen LogP contribution in [0.1, 0.15) is 5.56 Å². The molecule has 1 N–H and O–H groups in total. The number of fused-ring (bicyclic) bond motifs is 1. The lowest BCUT2D eigenvalue weighted by atomic mass is 10.1. The molecule has 7 heteroatoms. The van der Waals surface area contributed by atoms with Crippen LogP contribution in [0, 0.1) is 0 Å². The maximum Gasteiger partial charge on any atom is 0.223 e. The molecule has 2 saturated heterocycles. The summed E-state index contributed by atoms with van der Waals surface area (Å²) in [4.78, 5) is 10.1. The number of hydrogen-bond donors (Lipinski definition) is 1. The van der Waals surface area contributed by atoms with Crippen LogP contribution in [-0.2, 0) is 20.8 Å². The number of anilines is 1. The van der Waals surface area contributed by atoms with E-state index in [0.717, 1.165) is 16.1 Å². The summed E-state index contributed by atoms with van der Waals surface area (Å²) in [6, 6.07) is 16.2. The van der Waals surface area contributed by atoms with Crippen LogP contribution in [0.5, 0.6) is 0 Å². The Kier molecular flexibility index (Phi) is 5.05. The molecular weight excluding hydrogens is 374 g/mol. The summed E-state index contributed by atoms with van der Waals surface area (Å²) in [7, 11) is 0. The van der Waals surface area contributed by atoms with Gasteiger partial charge in [0.1, 0.15) is 18.3 Å². The Morgan fingerprint density at radius 2 is 1.93 bits per heavy atom. The van der Waals surface area contributed by atoms with E-state index in [2.05, 4.69) is 33.5 Å². The molecule has 6 nitrogen and oxygen atoms in total. The van der Waals surface area contributed by atoms with E-state index < -0.39 is 0 Å². The largest absolute Gasteiger partial charge is 0.370 e. The average Bonchev–Trinajstić information content (AvgIpc) is 3.47. The van der Waals surface area contributed by atoms with Gasteiger partial charge < -0.3 is 19.5 Å². The molecule has 144 valence electrons. The van der Waals surface area contributed by atoms with Gasteiger partial charge in [-0.25, -0.2) is 9.97 Å². The zero-order valence-corrected chi connectivity index (χ0v) is 16.0. The molecule has 3 aromatic rings. The molecule has 0 radical (unpaired) electrons. The van der Waals surface area contributed by atoms with Crippen molar-refractivity contribution < 1.29 is 14.2 Å². The standard InChI is InChI=1S/C21H21N3O3S/c1-2-5-14(6-3-1)11-25-17-13-27-19-16(12-26-20(17)19)24-21-22-9-8-15(23-21)18-7-4-10-28-18/h1-10,16-17,19-20H,11-13H2,(H,22,23,24). The number of nitrogens with zero attached hydrogens (tertiary/aromatic N) is 2. The van der Waals surface area contributed by atoms with Gasteiger partial charge in [0.25, 0.3) is 0 Å². The molecule has 4 atom stereocenters. The molecule has 0 spiro atoms. The number of ether oxygens (including phenoxy) is 3. The van der Waals surface area contributed by atoms with Gasteiger partial charge >= 0.3 is 0 Å². The van der Waals surface area contributed by atoms with Crippen molar-refractivity contribution in [2.45, 2.75) is 31.0 Å². The van der Waals surface area contributed by atoms with Crippen LogP contribution >= 0.6 is 11.3 Å². The van der Waals surface area contributed by atoms with Gasteiger partial charge in [-0.15, -0.1) is 11.3 Å². The predicted octanol–water partition coefficient (Wildman–Crippen LogP) is 3.37. The van der Waals surface area contributed by atoms with Crippen molar-refractivity contribution >= 4 is 17.3 Å². The first-order valence-corrected chi connectivity index (χ1v) is 10.3. The van der Waals surface area contributed by atoms with Gasteiger partial charge in [0.05, 0.1) is 36.4 Å². The molecule has 0 amide bonds. The van der Waals surface area contributed by atoms with E-state index in [-0.39, 0.29) is 24.4 Å². The normalized spacial score (nSPS) is 26.3. The molecule has 4 heterocycles. The van der Waals surface area contributed by atoms with Crippen LogP contribution in [-0.4, -0.2) is 47.5 Å². The zero-order valence-electron chi connectivity index (χ0n) is 15.2. The molecular formula is C21H21N3O3S. The Morgan fingerprint density at radius 1 is 1.04 bits per heavy atom. The zero-order chi connectivity index (χ0) is 18.8. The van der Waals surface area contributed by atoms with Gasteiger partial charge in [-0.3, -0.25) is 0 Å². The summed E-state index contributed by atoms with van der Waals surface area (Å²) >= 11 is 1.66. The van der Waals surface area contributed by atoms with E-state index in [1.165, 1.54) is 0 Å². The Hall–Kier alpha value is -2.32. The van der Waals surface area contributed by atoms with Crippen LogP contribution in [0.4, 0.5) is 5.95 Å². The van der Waals surface area contributed by atoms with Crippen molar-refractivity contribution in [3.8, 4) is 10.6 Å². The fourth-order valence-electron chi connectivity index (χ4n) is 3.66. The van der Waals surface area contributed by atoms with E-state index in [4.69, 9.17) is 14.2 Å². The molecule has 2 aliphatic heterocycles. The summed E-state index contributed by atoms with van der Waals surface area (Å²) in [6.07, 6.45) is 1.59. The van der Waals surface area contributed by atoms with E-state index in [9.17, 15) is 0 Å².